The number of hydrogen-bond acceptors (Lipinski definition) is 2. The first-order chi connectivity index (χ1) is 11.9. The summed E-state index contributed by atoms with van der Waals surface area (Å²) in [5, 5.41) is 9.02. The number of nitrogens with zero attached hydrogens (tertiary/aromatic N) is 4. The third-order valence-electron chi connectivity index (χ3n) is 4.77. The molecule has 4 nitrogen and oxygen atoms in total. The van der Waals surface area contributed by atoms with Crippen molar-refractivity contribution in [2.24, 2.45) is 0 Å². The molecule has 0 aliphatic heterocycles. The van der Waals surface area contributed by atoms with Crippen LogP contribution in [-0.2, 0) is 21.8 Å². The molecule has 0 unspecified atom stereocenters. The van der Waals surface area contributed by atoms with Crippen LogP contribution < -0.4 is 4.44 Å². The summed E-state index contributed by atoms with van der Waals surface area (Å²) >= 11 is 0. The lowest BCUT2D eigenvalue weighted by molar-refractivity contribution is -0.747. The molecule has 0 radical (unpaired) electrons. The van der Waals surface area contributed by atoms with Gasteiger partial charge in [-0.2, -0.15) is 0 Å². The lowest BCUT2D eigenvalue weighted by Crippen LogP contribution is -2.48. The summed E-state index contributed by atoms with van der Waals surface area (Å²) in [7, 11) is 0.983. The Kier molecular flexibility index (Phi) is 5.42. The molecule has 0 atom stereocenters. The van der Waals surface area contributed by atoms with Crippen molar-refractivity contribution < 1.29 is 4.44 Å². The van der Waals surface area contributed by atoms with E-state index in [-0.39, 0.29) is 21.8 Å². The molecule has 0 amide bonds. The molecule has 1 aromatic carbocycles. The highest BCUT2D eigenvalue weighted by molar-refractivity contribution is 7.17. The van der Waals surface area contributed by atoms with Gasteiger partial charge in [0, 0.05) is 11.1 Å². The van der Waals surface area contributed by atoms with Crippen molar-refractivity contribution in [1.29, 1.82) is 0 Å². The SMILES string of the molecule is CC(C)(C)c1cc(C(C)(C)C)c(-n2nn[n+](C(C)(C)C)p2)c(C(C)(C)C)c1. The minimum Gasteiger partial charge on any atom is -0.112 e. The lowest BCUT2D eigenvalue weighted by Gasteiger charge is -2.31. The average molecular weight is 390 g/mol. The van der Waals surface area contributed by atoms with Gasteiger partial charge in [-0.15, -0.1) is 4.44 Å². The Morgan fingerprint density at radius 2 is 1.19 bits per heavy atom. The zero-order chi connectivity index (χ0) is 21.0. The van der Waals surface area contributed by atoms with E-state index in [4.69, 9.17) is 0 Å². The first-order valence-corrected chi connectivity index (χ1v) is 10.7. The van der Waals surface area contributed by atoms with Gasteiger partial charge in [-0.25, -0.2) is 0 Å². The lowest BCUT2D eigenvalue weighted by atomic mass is 9.74. The second-order valence-electron chi connectivity index (χ2n) is 11.7. The quantitative estimate of drug-likeness (QED) is 0.619. The van der Waals surface area contributed by atoms with Gasteiger partial charge in [0.15, 0.2) is 10.9 Å². The Morgan fingerprint density at radius 3 is 1.48 bits per heavy atom. The molecule has 2 aromatic rings. The molecule has 0 fully saturated rings. The van der Waals surface area contributed by atoms with Gasteiger partial charge in [-0.1, -0.05) is 74.4 Å². The number of benzene rings is 1. The molecule has 0 spiro atoms. The topological polar surface area (TPSA) is 34.6 Å². The van der Waals surface area contributed by atoms with E-state index >= 15 is 0 Å². The molecular weight excluding hydrogens is 351 g/mol. The van der Waals surface area contributed by atoms with Crippen molar-refractivity contribution in [1.82, 2.24) is 14.9 Å². The van der Waals surface area contributed by atoms with Crippen LogP contribution in [0.2, 0.25) is 0 Å². The van der Waals surface area contributed by atoms with E-state index in [0.717, 1.165) is 8.51 Å². The van der Waals surface area contributed by atoms with Crippen LogP contribution in [0.1, 0.15) is 99.8 Å². The molecule has 0 aliphatic rings. The van der Waals surface area contributed by atoms with Crippen molar-refractivity contribution in [3.8, 4) is 5.69 Å². The van der Waals surface area contributed by atoms with E-state index in [1.165, 1.54) is 22.4 Å². The van der Waals surface area contributed by atoms with E-state index in [0.29, 0.717) is 0 Å². The summed E-state index contributed by atoms with van der Waals surface area (Å²) in [6.07, 6.45) is 0. The average Bonchev–Trinajstić information content (AvgIpc) is 2.92. The monoisotopic (exact) mass is 389 g/mol. The second kappa shape index (κ2) is 6.65. The molecule has 0 saturated heterocycles. The summed E-state index contributed by atoms with van der Waals surface area (Å²) in [5.41, 5.74) is 5.31. The van der Waals surface area contributed by atoms with Crippen molar-refractivity contribution in [3.63, 3.8) is 0 Å². The molecule has 1 aromatic heterocycles. The molecule has 1 heterocycles. The van der Waals surface area contributed by atoms with Crippen LogP contribution in [0.5, 0.6) is 0 Å². The van der Waals surface area contributed by atoms with Gasteiger partial charge in [0.2, 0.25) is 0 Å². The Balaban J connectivity index is 2.91. The van der Waals surface area contributed by atoms with Crippen molar-refractivity contribution >= 4 is 8.51 Å². The molecule has 0 bridgehead atoms. The van der Waals surface area contributed by atoms with E-state index in [2.05, 4.69) is 110 Å². The molecule has 0 aliphatic carbocycles. The maximum absolute atomic E-state index is 4.57. The summed E-state index contributed by atoms with van der Waals surface area (Å²) in [5.74, 6) is 0. The number of rotatable bonds is 1. The number of hydrogen-bond donors (Lipinski definition) is 0. The Morgan fingerprint density at radius 1 is 0.741 bits per heavy atom. The van der Waals surface area contributed by atoms with Gasteiger partial charge in [0.25, 0.3) is 0 Å². The Bertz CT molecular complexity index is 787. The van der Waals surface area contributed by atoms with Gasteiger partial charge < -0.3 is 0 Å². The van der Waals surface area contributed by atoms with Crippen molar-refractivity contribution in [3.05, 3.63) is 28.8 Å². The summed E-state index contributed by atoms with van der Waals surface area (Å²) < 4.78 is 4.10. The molecule has 150 valence electrons. The van der Waals surface area contributed by atoms with Gasteiger partial charge in [0.1, 0.15) is 10.8 Å². The molecule has 27 heavy (non-hydrogen) atoms. The maximum Gasteiger partial charge on any atom is 0.334 e. The standard InChI is InChI=1S/C22H38N4P/c1-19(2,3)15-13-16(20(4,5)6)18(17(14-15)21(7,8)9)25-23-24-26(27-25)22(10,11)12/h13-14H,1-12H3/q+1. The number of aromatic nitrogens is 4. The predicted molar refractivity (Wildman–Crippen MR) is 115 cm³/mol. The molecule has 5 heteroatoms. The minimum absolute atomic E-state index is 0.0107. The van der Waals surface area contributed by atoms with E-state index in [9.17, 15) is 0 Å². The smallest absolute Gasteiger partial charge is 0.112 e. The second-order valence-corrected chi connectivity index (χ2v) is 12.6. The zero-order valence-corrected chi connectivity index (χ0v) is 20.3. The van der Waals surface area contributed by atoms with Gasteiger partial charge in [-0.05, 0) is 47.0 Å². The minimum atomic E-state index is -0.0606. The normalized spacial score (nSPS) is 14.2. The predicted octanol–water partition coefficient (Wildman–Crippen LogP) is 5.78. The summed E-state index contributed by atoms with van der Waals surface area (Å²) in [6.45, 7) is 27.1. The van der Waals surface area contributed by atoms with Gasteiger partial charge in [0.05, 0.1) is 0 Å². The van der Waals surface area contributed by atoms with E-state index in [1.807, 2.05) is 4.44 Å². The maximum atomic E-state index is 4.57. The highest BCUT2D eigenvalue weighted by Crippen LogP contribution is 2.40. The third kappa shape index (κ3) is 4.77. The molecule has 0 N–H and O–H groups in total. The summed E-state index contributed by atoms with van der Waals surface area (Å²) in [6, 6.07) is 4.77. The first-order valence-electron chi connectivity index (χ1n) is 9.85. The molecule has 0 saturated carbocycles. The van der Waals surface area contributed by atoms with Crippen LogP contribution in [0, 0.1) is 0 Å². The third-order valence-corrected chi connectivity index (χ3v) is 6.07. The fourth-order valence-corrected chi connectivity index (χ4v) is 3.85. The Hall–Kier alpha value is -1.28. The highest BCUT2D eigenvalue weighted by atomic mass is 31.1. The van der Waals surface area contributed by atoms with Crippen LogP contribution in [0.25, 0.3) is 5.69 Å². The fraction of sp³-hybridized carbons (Fsp3) is 0.727. The van der Waals surface area contributed by atoms with Crippen LogP contribution in [0.3, 0.4) is 0 Å². The van der Waals surface area contributed by atoms with Crippen molar-refractivity contribution in [2.45, 2.75) is 105 Å². The zero-order valence-electron chi connectivity index (χ0n) is 19.4. The Labute approximate surface area is 167 Å². The largest absolute Gasteiger partial charge is 0.334 e. The first kappa shape index (κ1) is 22.0. The van der Waals surface area contributed by atoms with Gasteiger partial charge in [-0.3, -0.25) is 0 Å². The van der Waals surface area contributed by atoms with E-state index < -0.39 is 0 Å². The van der Waals surface area contributed by atoms with Crippen LogP contribution in [0.15, 0.2) is 12.1 Å². The molecular formula is C22H38N4P+. The van der Waals surface area contributed by atoms with Crippen molar-refractivity contribution in [2.75, 3.05) is 0 Å². The van der Waals surface area contributed by atoms with E-state index in [1.54, 1.807) is 0 Å². The fourth-order valence-electron chi connectivity index (χ4n) is 2.98. The highest BCUT2D eigenvalue weighted by Gasteiger charge is 2.34. The summed E-state index contributed by atoms with van der Waals surface area (Å²) in [4.78, 5) is 0. The van der Waals surface area contributed by atoms with Crippen LogP contribution in [-0.4, -0.2) is 14.9 Å². The van der Waals surface area contributed by atoms with Gasteiger partial charge >= 0.3 is 8.51 Å². The molecule has 2 rings (SSSR count). The van der Waals surface area contributed by atoms with Crippen LogP contribution in [0.4, 0.5) is 0 Å². The van der Waals surface area contributed by atoms with Crippen LogP contribution >= 0.6 is 8.51 Å².